The number of benzene rings is 2. The summed E-state index contributed by atoms with van der Waals surface area (Å²) in [6.45, 7) is 2.24. The SMILES string of the molecule is CCC1CCC(/C=C/C2CCC(C(=O)Oc3ccc(C(F)(F)Oc4ccc(C(F)(F)F)c(F)c4)c(F)c3)CC2)CC1. The third kappa shape index (κ3) is 8.04. The van der Waals surface area contributed by atoms with Gasteiger partial charge in [-0.2, -0.15) is 22.0 Å². The fraction of sp³-hybridized carbons (Fsp3) is 0.516. The van der Waals surface area contributed by atoms with E-state index >= 15 is 0 Å². The van der Waals surface area contributed by atoms with Crippen LogP contribution in [0.5, 0.6) is 11.5 Å². The third-order valence-corrected chi connectivity index (χ3v) is 8.19. The molecule has 0 saturated heterocycles. The highest BCUT2D eigenvalue weighted by Crippen LogP contribution is 2.38. The lowest BCUT2D eigenvalue weighted by molar-refractivity contribution is -0.187. The maximum Gasteiger partial charge on any atom is 0.429 e. The zero-order chi connectivity index (χ0) is 29.8. The van der Waals surface area contributed by atoms with E-state index in [1.807, 2.05) is 0 Å². The number of hydrogen-bond acceptors (Lipinski definition) is 3. The van der Waals surface area contributed by atoms with Crippen molar-refractivity contribution in [1.29, 1.82) is 0 Å². The summed E-state index contributed by atoms with van der Waals surface area (Å²) < 4.78 is 105. The Kier molecular flexibility index (Phi) is 9.70. The summed E-state index contributed by atoms with van der Waals surface area (Å²) in [4.78, 5) is 12.7. The molecule has 0 unspecified atom stereocenters. The predicted octanol–water partition coefficient (Wildman–Crippen LogP) is 9.60. The van der Waals surface area contributed by atoms with Crippen molar-refractivity contribution in [1.82, 2.24) is 0 Å². The second-order valence-corrected chi connectivity index (χ2v) is 11.0. The molecule has 224 valence electrons. The molecule has 2 aromatic rings. The Morgan fingerprint density at radius 3 is 1.83 bits per heavy atom. The van der Waals surface area contributed by atoms with E-state index in [9.17, 15) is 35.5 Å². The summed E-state index contributed by atoms with van der Waals surface area (Å²) in [5, 5.41) is 0. The van der Waals surface area contributed by atoms with Crippen LogP contribution in [0, 0.1) is 35.3 Å². The second kappa shape index (κ2) is 12.9. The molecular weight excluding hydrogens is 553 g/mol. The lowest BCUT2D eigenvalue weighted by atomic mass is 9.78. The van der Waals surface area contributed by atoms with Crippen LogP contribution in [0.2, 0.25) is 0 Å². The molecular formula is C31H33F7O3. The number of rotatable bonds is 8. The molecule has 0 radical (unpaired) electrons. The van der Waals surface area contributed by atoms with Crippen molar-refractivity contribution < 1.29 is 45.0 Å². The minimum Gasteiger partial charge on any atom is -0.429 e. The van der Waals surface area contributed by atoms with Gasteiger partial charge in [0.1, 0.15) is 28.7 Å². The molecule has 2 aliphatic rings. The number of carbonyl (C=O) groups excluding carboxylic acids is 1. The van der Waals surface area contributed by atoms with E-state index in [1.54, 1.807) is 0 Å². The van der Waals surface area contributed by atoms with Gasteiger partial charge in [0.05, 0.1) is 11.5 Å². The van der Waals surface area contributed by atoms with E-state index in [-0.39, 0.29) is 23.8 Å². The zero-order valence-electron chi connectivity index (χ0n) is 22.7. The van der Waals surface area contributed by atoms with Crippen molar-refractivity contribution in [3.8, 4) is 11.5 Å². The molecule has 3 nitrogen and oxygen atoms in total. The van der Waals surface area contributed by atoms with Crippen molar-refractivity contribution in [3.63, 3.8) is 0 Å². The van der Waals surface area contributed by atoms with Crippen LogP contribution in [0.25, 0.3) is 0 Å². The van der Waals surface area contributed by atoms with Gasteiger partial charge in [-0.3, -0.25) is 4.79 Å². The van der Waals surface area contributed by atoms with Crippen molar-refractivity contribution in [3.05, 3.63) is 71.3 Å². The Labute approximate surface area is 234 Å². The Hall–Kier alpha value is -3.04. The van der Waals surface area contributed by atoms with Crippen LogP contribution in [-0.4, -0.2) is 5.97 Å². The van der Waals surface area contributed by atoms with Gasteiger partial charge < -0.3 is 9.47 Å². The molecule has 0 aliphatic heterocycles. The molecule has 0 atom stereocenters. The minimum atomic E-state index is -5.02. The molecule has 2 saturated carbocycles. The molecule has 0 bridgehead atoms. The van der Waals surface area contributed by atoms with E-state index in [0.29, 0.717) is 42.9 Å². The van der Waals surface area contributed by atoms with E-state index < -0.39 is 46.8 Å². The highest BCUT2D eigenvalue weighted by molar-refractivity contribution is 5.75. The van der Waals surface area contributed by atoms with Gasteiger partial charge in [-0.15, -0.1) is 0 Å². The van der Waals surface area contributed by atoms with Crippen LogP contribution >= 0.6 is 0 Å². The number of carbonyl (C=O) groups is 1. The zero-order valence-corrected chi connectivity index (χ0v) is 22.7. The maximum absolute atomic E-state index is 14.6. The molecule has 0 spiro atoms. The van der Waals surface area contributed by atoms with Crippen molar-refractivity contribution >= 4 is 5.97 Å². The minimum absolute atomic E-state index is 0.146. The fourth-order valence-corrected chi connectivity index (χ4v) is 5.64. The molecule has 2 aromatic carbocycles. The van der Waals surface area contributed by atoms with Crippen molar-refractivity contribution in [2.75, 3.05) is 0 Å². The molecule has 0 heterocycles. The molecule has 2 aliphatic carbocycles. The summed E-state index contributed by atoms with van der Waals surface area (Å²) in [5.41, 5.74) is -2.91. The normalized spacial score (nSPS) is 23.9. The maximum atomic E-state index is 14.6. The monoisotopic (exact) mass is 586 g/mol. The Bertz CT molecular complexity index is 1220. The molecule has 0 amide bonds. The van der Waals surface area contributed by atoms with Gasteiger partial charge in [-0.1, -0.05) is 25.5 Å². The summed E-state index contributed by atoms with van der Waals surface area (Å²) in [6.07, 6.45) is 4.31. The van der Waals surface area contributed by atoms with Gasteiger partial charge >= 0.3 is 18.3 Å². The first-order valence-electron chi connectivity index (χ1n) is 14.0. The van der Waals surface area contributed by atoms with Gasteiger partial charge in [0.25, 0.3) is 0 Å². The average molecular weight is 587 g/mol. The second-order valence-electron chi connectivity index (χ2n) is 11.0. The Morgan fingerprint density at radius 1 is 0.780 bits per heavy atom. The van der Waals surface area contributed by atoms with Gasteiger partial charge in [-0.25, -0.2) is 8.78 Å². The van der Waals surface area contributed by atoms with Gasteiger partial charge in [0.15, 0.2) is 0 Å². The van der Waals surface area contributed by atoms with Crippen LogP contribution in [-0.2, 0) is 17.1 Å². The summed E-state index contributed by atoms with van der Waals surface area (Å²) >= 11 is 0. The number of alkyl halides is 5. The largest absolute Gasteiger partial charge is 0.429 e. The Morgan fingerprint density at radius 2 is 1.29 bits per heavy atom. The van der Waals surface area contributed by atoms with E-state index in [1.165, 1.54) is 32.1 Å². The van der Waals surface area contributed by atoms with Crippen LogP contribution in [0.1, 0.15) is 75.8 Å². The molecule has 0 aromatic heterocycles. The topological polar surface area (TPSA) is 35.5 Å². The molecule has 41 heavy (non-hydrogen) atoms. The summed E-state index contributed by atoms with van der Waals surface area (Å²) in [7, 11) is 0. The number of esters is 1. The van der Waals surface area contributed by atoms with Crippen molar-refractivity contribution in [2.45, 2.75) is 77.0 Å². The Balaban J connectivity index is 1.30. The highest BCUT2D eigenvalue weighted by Gasteiger charge is 2.39. The standard InChI is InChI=1S/C31H33F7O3/c1-2-19-3-5-20(6-4-19)7-8-21-9-11-22(12-10-21)29(39)40-23-13-16-26(28(33)17-23)31(37,38)41-24-14-15-25(27(32)18-24)30(34,35)36/h7-8,13-22H,2-6,9-12H2,1H3/b8-7+. The number of halogens is 7. The van der Waals surface area contributed by atoms with E-state index in [2.05, 4.69) is 23.8 Å². The first-order chi connectivity index (χ1) is 19.4. The summed E-state index contributed by atoms with van der Waals surface area (Å²) in [6, 6.07) is 3.14. The van der Waals surface area contributed by atoms with Gasteiger partial charge in [0.2, 0.25) is 0 Å². The lowest BCUT2D eigenvalue weighted by Gasteiger charge is -2.28. The smallest absolute Gasteiger partial charge is 0.429 e. The van der Waals surface area contributed by atoms with Crippen LogP contribution < -0.4 is 9.47 Å². The molecule has 0 N–H and O–H groups in total. The number of allylic oxidation sites excluding steroid dienone is 2. The van der Waals surface area contributed by atoms with Crippen molar-refractivity contribution in [2.24, 2.45) is 23.7 Å². The lowest BCUT2D eigenvalue weighted by Crippen LogP contribution is -2.26. The quantitative estimate of drug-likeness (QED) is 0.134. The molecule has 2 fully saturated rings. The van der Waals surface area contributed by atoms with E-state index in [0.717, 1.165) is 24.8 Å². The average Bonchev–Trinajstić information content (AvgIpc) is 2.91. The van der Waals surface area contributed by atoms with Crippen LogP contribution in [0.4, 0.5) is 30.7 Å². The predicted molar refractivity (Wildman–Crippen MR) is 138 cm³/mol. The third-order valence-electron chi connectivity index (χ3n) is 8.19. The number of ether oxygens (including phenoxy) is 2. The number of hydrogen-bond donors (Lipinski definition) is 0. The van der Waals surface area contributed by atoms with Crippen LogP contribution in [0.15, 0.2) is 48.6 Å². The molecule has 4 rings (SSSR count). The fourth-order valence-electron chi connectivity index (χ4n) is 5.64. The van der Waals surface area contributed by atoms with E-state index in [4.69, 9.17) is 4.74 Å². The van der Waals surface area contributed by atoms with Crippen LogP contribution in [0.3, 0.4) is 0 Å². The highest BCUT2D eigenvalue weighted by atomic mass is 19.4. The van der Waals surface area contributed by atoms with Gasteiger partial charge in [0, 0.05) is 12.1 Å². The summed E-state index contributed by atoms with van der Waals surface area (Å²) in [5.74, 6) is -3.58. The molecule has 10 heteroatoms. The van der Waals surface area contributed by atoms with Gasteiger partial charge in [-0.05, 0) is 93.4 Å². The first kappa shape index (κ1) is 30.9. The first-order valence-corrected chi connectivity index (χ1v) is 14.0.